The molecule has 14 heavy (non-hydrogen) atoms. The lowest BCUT2D eigenvalue weighted by atomic mass is 10.1. The number of hydrogen-bond acceptors (Lipinski definition) is 3. The van der Waals surface area contributed by atoms with Crippen molar-refractivity contribution in [3.8, 4) is 23.7 Å². The Kier molecular flexibility index (Phi) is 3.29. The summed E-state index contributed by atoms with van der Waals surface area (Å²) in [6.45, 7) is 0. The van der Waals surface area contributed by atoms with Crippen LogP contribution in [0.1, 0.15) is 15.9 Å². The van der Waals surface area contributed by atoms with Crippen molar-refractivity contribution in [3.05, 3.63) is 29.3 Å². The first kappa shape index (κ1) is 9.83. The van der Waals surface area contributed by atoms with Crippen LogP contribution in [-0.2, 0) is 0 Å². The van der Waals surface area contributed by atoms with E-state index in [1.807, 2.05) is 0 Å². The molecule has 0 spiro atoms. The highest BCUT2D eigenvalue weighted by Gasteiger charge is 2.00. The second-order valence-electron chi connectivity index (χ2n) is 2.43. The Labute approximate surface area is 81.9 Å². The molecule has 1 rings (SSSR count). The number of rotatable bonds is 2. The van der Waals surface area contributed by atoms with Crippen LogP contribution in [0.4, 0.5) is 0 Å². The highest BCUT2D eigenvalue weighted by atomic mass is 16.5. The van der Waals surface area contributed by atoms with Crippen LogP contribution in [0.15, 0.2) is 18.2 Å². The summed E-state index contributed by atoms with van der Waals surface area (Å²) in [5.74, 6) is 5.41. The fourth-order valence-corrected chi connectivity index (χ4v) is 0.969. The summed E-state index contributed by atoms with van der Waals surface area (Å²) in [6, 6.07) is 6.58. The SMILES string of the molecule is COc1ccc(C=O)c(C#CC#N)c1. The number of hydrogen-bond donors (Lipinski definition) is 0. The molecule has 3 nitrogen and oxygen atoms in total. The Morgan fingerprint density at radius 1 is 1.50 bits per heavy atom. The zero-order valence-electron chi connectivity index (χ0n) is 7.57. The number of ether oxygens (including phenoxy) is 1. The highest BCUT2D eigenvalue weighted by molar-refractivity contribution is 5.80. The van der Waals surface area contributed by atoms with Crippen LogP contribution in [0.3, 0.4) is 0 Å². The van der Waals surface area contributed by atoms with Crippen LogP contribution in [0, 0.1) is 23.2 Å². The number of nitriles is 1. The summed E-state index contributed by atoms with van der Waals surface area (Å²) in [4.78, 5) is 10.6. The molecule has 0 fully saturated rings. The number of methoxy groups -OCH3 is 1. The van der Waals surface area contributed by atoms with Gasteiger partial charge in [0.05, 0.1) is 7.11 Å². The van der Waals surface area contributed by atoms with Crippen LogP contribution < -0.4 is 4.74 Å². The molecule has 0 bridgehead atoms. The van der Waals surface area contributed by atoms with Crippen molar-refractivity contribution >= 4 is 6.29 Å². The van der Waals surface area contributed by atoms with E-state index in [2.05, 4.69) is 11.8 Å². The van der Waals surface area contributed by atoms with Crippen LogP contribution >= 0.6 is 0 Å². The van der Waals surface area contributed by atoms with Gasteiger partial charge in [0, 0.05) is 17.0 Å². The smallest absolute Gasteiger partial charge is 0.152 e. The molecular formula is C11H7NO2. The summed E-state index contributed by atoms with van der Waals surface area (Å²) in [7, 11) is 1.53. The molecule has 3 heteroatoms. The van der Waals surface area contributed by atoms with Crippen LogP contribution in [0.5, 0.6) is 5.75 Å². The van der Waals surface area contributed by atoms with Crippen molar-refractivity contribution in [1.82, 2.24) is 0 Å². The van der Waals surface area contributed by atoms with Gasteiger partial charge < -0.3 is 4.74 Å². The molecule has 0 heterocycles. The zero-order valence-corrected chi connectivity index (χ0v) is 7.57. The van der Waals surface area contributed by atoms with E-state index >= 15 is 0 Å². The van der Waals surface area contributed by atoms with Crippen LogP contribution in [-0.4, -0.2) is 13.4 Å². The number of carbonyl (C=O) groups excluding carboxylic acids is 1. The maximum absolute atomic E-state index is 10.6. The summed E-state index contributed by atoms with van der Waals surface area (Å²) in [5.41, 5.74) is 0.953. The van der Waals surface area contributed by atoms with Crippen LogP contribution in [0.2, 0.25) is 0 Å². The first-order chi connectivity index (χ1) is 6.81. The van der Waals surface area contributed by atoms with Gasteiger partial charge in [-0.3, -0.25) is 4.79 Å². The van der Waals surface area contributed by atoms with E-state index in [1.165, 1.54) is 7.11 Å². The molecule has 68 valence electrons. The third-order valence-electron chi connectivity index (χ3n) is 1.64. The van der Waals surface area contributed by atoms with Crippen LogP contribution in [0.25, 0.3) is 0 Å². The monoisotopic (exact) mass is 185 g/mol. The molecule has 0 aliphatic carbocycles. The molecule has 0 unspecified atom stereocenters. The van der Waals surface area contributed by atoms with E-state index in [-0.39, 0.29) is 0 Å². The van der Waals surface area contributed by atoms with Crippen molar-refractivity contribution in [1.29, 1.82) is 5.26 Å². The molecule has 0 amide bonds. The number of nitrogens with zero attached hydrogens (tertiary/aromatic N) is 1. The second-order valence-corrected chi connectivity index (χ2v) is 2.43. The highest BCUT2D eigenvalue weighted by Crippen LogP contribution is 2.15. The van der Waals surface area contributed by atoms with E-state index in [1.54, 1.807) is 24.3 Å². The van der Waals surface area contributed by atoms with Gasteiger partial charge in [-0.15, -0.1) is 0 Å². The first-order valence-corrected chi connectivity index (χ1v) is 3.85. The van der Waals surface area contributed by atoms with Gasteiger partial charge in [0.1, 0.15) is 5.75 Å². The van der Waals surface area contributed by atoms with Gasteiger partial charge in [0.15, 0.2) is 12.4 Å². The molecule has 1 aromatic carbocycles. The molecule has 0 aliphatic heterocycles. The molecule has 0 radical (unpaired) electrons. The van der Waals surface area contributed by atoms with E-state index in [9.17, 15) is 4.79 Å². The molecule has 1 aromatic rings. The number of aldehydes is 1. The third-order valence-corrected chi connectivity index (χ3v) is 1.64. The van der Waals surface area contributed by atoms with Gasteiger partial charge in [-0.1, -0.05) is 0 Å². The van der Waals surface area contributed by atoms with Crippen molar-refractivity contribution in [2.24, 2.45) is 0 Å². The molecular weight excluding hydrogens is 178 g/mol. The Morgan fingerprint density at radius 2 is 2.29 bits per heavy atom. The molecule has 0 saturated heterocycles. The Morgan fingerprint density at radius 3 is 2.86 bits per heavy atom. The predicted octanol–water partition coefficient (Wildman–Crippen LogP) is 1.38. The van der Waals surface area contributed by atoms with E-state index in [0.29, 0.717) is 23.2 Å². The summed E-state index contributed by atoms with van der Waals surface area (Å²) < 4.78 is 4.97. The standard InChI is InChI=1S/C11H7NO2/c1-14-11-5-4-10(8-13)9(7-11)3-2-6-12/h4-5,7-8H,1H3. The fourth-order valence-electron chi connectivity index (χ4n) is 0.969. The minimum Gasteiger partial charge on any atom is -0.497 e. The molecule has 0 N–H and O–H groups in total. The van der Waals surface area contributed by atoms with Gasteiger partial charge in [-0.2, -0.15) is 5.26 Å². The molecule has 0 saturated carbocycles. The van der Waals surface area contributed by atoms with E-state index in [4.69, 9.17) is 10.00 Å². The summed E-state index contributed by atoms with van der Waals surface area (Å²) in [5, 5.41) is 8.27. The Balaban J connectivity index is 3.23. The third kappa shape index (κ3) is 2.12. The molecule has 0 aromatic heterocycles. The van der Waals surface area contributed by atoms with Crippen molar-refractivity contribution in [3.63, 3.8) is 0 Å². The Hall–Kier alpha value is -2.26. The lowest BCUT2D eigenvalue weighted by Crippen LogP contribution is -1.89. The average molecular weight is 185 g/mol. The van der Waals surface area contributed by atoms with E-state index in [0.717, 1.165) is 0 Å². The van der Waals surface area contributed by atoms with Gasteiger partial charge in [-0.25, -0.2) is 0 Å². The Bertz CT molecular complexity index is 447. The molecule has 0 atom stereocenters. The molecule has 0 aliphatic rings. The topological polar surface area (TPSA) is 50.1 Å². The minimum absolute atomic E-state index is 0.452. The minimum atomic E-state index is 0.452. The zero-order chi connectivity index (χ0) is 10.4. The van der Waals surface area contributed by atoms with Gasteiger partial charge >= 0.3 is 0 Å². The summed E-state index contributed by atoms with van der Waals surface area (Å²) in [6.07, 6.45) is 0.695. The average Bonchev–Trinajstić information content (AvgIpc) is 2.25. The predicted molar refractivity (Wildman–Crippen MR) is 50.9 cm³/mol. The largest absolute Gasteiger partial charge is 0.497 e. The first-order valence-electron chi connectivity index (χ1n) is 3.85. The van der Waals surface area contributed by atoms with Gasteiger partial charge in [-0.05, 0) is 24.1 Å². The van der Waals surface area contributed by atoms with Crippen molar-refractivity contribution in [2.45, 2.75) is 0 Å². The second kappa shape index (κ2) is 4.69. The lowest BCUT2D eigenvalue weighted by Gasteiger charge is -2.01. The quantitative estimate of drug-likeness (QED) is 0.516. The fraction of sp³-hybridized carbons (Fsp3) is 0.0909. The number of carbonyl (C=O) groups is 1. The lowest BCUT2D eigenvalue weighted by molar-refractivity contribution is 0.112. The number of benzene rings is 1. The van der Waals surface area contributed by atoms with Crippen molar-refractivity contribution < 1.29 is 9.53 Å². The van der Waals surface area contributed by atoms with Gasteiger partial charge in [0.2, 0.25) is 0 Å². The van der Waals surface area contributed by atoms with Crippen molar-refractivity contribution in [2.75, 3.05) is 7.11 Å². The van der Waals surface area contributed by atoms with E-state index < -0.39 is 0 Å². The maximum Gasteiger partial charge on any atom is 0.152 e. The van der Waals surface area contributed by atoms with Gasteiger partial charge in [0.25, 0.3) is 0 Å². The maximum atomic E-state index is 10.6. The normalized spacial score (nSPS) is 8.00. The summed E-state index contributed by atoms with van der Waals surface area (Å²) >= 11 is 0.